The average Bonchev–Trinajstić information content (AvgIpc) is 3.88. The van der Waals surface area contributed by atoms with Crippen LogP contribution in [0, 0.1) is 0 Å². The zero-order valence-electron chi connectivity index (χ0n) is 27.4. The summed E-state index contributed by atoms with van der Waals surface area (Å²) >= 11 is 5.66. The van der Waals surface area contributed by atoms with Crippen molar-refractivity contribution in [3.63, 3.8) is 0 Å². The third-order valence-corrected chi connectivity index (χ3v) is 13.9. The molecule has 10 aromatic rings. The van der Waals surface area contributed by atoms with Crippen LogP contribution in [0.3, 0.4) is 0 Å². The normalized spacial score (nSPS) is 16.4. The van der Waals surface area contributed by atoms with Crippen molar-refractivity contribution in [2.24, 2.45) is 0 Å². The Morgan fingerprint density at radius 3 is 1.98 bits per heavy atom. The molecule has 0 amide bonds. The Hall–Kier alpha value is -5.30. The van der Waals surface area contributed by atoms with Crippen LogP contribution < -0.4 is 10.6 Å². The summed E-state index contributed by atoms with van der Waals surface area (Å²) in [6.07, 6.45) is 2.30. The van der Waals surface area contributed by atoms with Gasteiger partial charge in [0.25, 0.3) is 0 Å². The summed E-state index contributed by atoms with van der Waals surface area (Å²) in [6, 6.07) is 55.9. The fourth-order valence-electron chi connectivity index (χ4n) is 7.95. The first-order valence-electron chi connectivity index (χ1n) is 17.3. The fraction of sp³-hybridized carbons (Fsp3) is 0.0435. The van der Waals surface area contributed by atoms with Crippen LogP contribution in [-0.4, -0.2) is 0 Å². The van der Waals surface area contributed by atoms with Crippen LogP contribution in [-0.2, 0) is 0 Å². The topological polar surface area (TPSA) is 24.1 Å². The molecule has 2 unspecified atom stereocenters. The summed E-state index contributed by atoms with van der Waals surface area (Å²) in [6.45, 7) is 0. The van der Waals surface area contributed by atoms with Crippen LogP contribution in [0.5, 0.6) is 0 Å². The van der Waals surface area contributed by atoms with Gasteiger partial charge in [0, 0.05) is 71.8 Å². The molecule has 1 aliphatic rings. The van der Waals surface area contributed by atoms with Crippen molar-refractivity contribution in [3.8, 4) is 11.1 Å². The third-order valence-electron chi connectivity index (χ3n) is 10.4. The van der Waals surface area contributed by atoms with Crippen molar-refractivity contribution < 1.29 is 0 Å². The van der Waals surface area contributed by atoms with Gasteiger partial charge in [0.1, 0.15) is 6.17 Å². The molecular formula is C46H30N2S3. The fourth-order valence-corrected chi connectivity index (χ4v) is 11.4. The first-order valence-corrected chi connectivity index (χ1v) is 19.8. The van der Waals surface area contributed by atoms with E-state index in [9.17, 15) is 0 Å². The summed E-state index contributed by atoms with van der Waals surface area (Å²) in [7, 11) is 0. The molecule has 5 heteroatoms. The number of hydrogen-bond donors (Lipinski definition) is 2. The molecule has 0 bridgehead atoms. The summed E-state index contributed by atoms with van der Waals surface area (Å²) in [5.41, 5.74) is 7.47. The Kier molecular flexibility index (Phi) is 6.71. The number of benzene rings is 7. The van der Waals surface area contributed by atoms with E-state index in [1.807, 2.05) is 34.0 Å². The zero-order valence-corrected chi connectivity index (χ0v) is 29.8. The van der Waals surface area contributed by atoms with Crippen molar-refractivity contribution in [2.75, 3.05) is 0 Å². The molecule has 4 heterocycles. The minimum Gasteiger partial charge on any atom is -0.366 e. The summed E-state index contributed by atoms with van der Waals surface area (Å²) in [5.74, 6) is 0. The Labute approximate surface area is 306 Å². The van der Waals surface area contributed by atoms with E-state index in [1.54, 1.807) is 0 Å². The Morgan fingerprint density at radius 1 is 0.431 bits per heavy atom. The molecular weight excluding hydrogens is 677 g/mol. The van der Waals surface area contributed by atoms with Crippen molar-refractivity contribution in [1.82, 2.24) is 10.6 Å². The Morgan fingerprint density at radius 2 is 1.10 bits per heavy atom. The van der Waals surface area contributed by atoms with Gasteiger partial charge in [-0.25, -0.2) is 0 Å². The van der Waals surface area contributed by atoms with Gasteiger partial charge in [0.2, 0.25) is 0 Å². The predicted octanol–water partition coefficient (Wildman–Crippen LogP) is 13.4. The molecule has 0 fully saturated rings. The van der Waals surface area contributed by atoms with E-state index < -0.39 is 0 Å². The maximum atomic E-state index is 3.98. The lowest BCUT2D eigenvalue weighted by atomic mass is 9.95. The second kappa shape index (κ2) is 11.6. The number of rotatable bonds is 4. The Balaban J connectivity index is 1.03. The van der Waals surface area contributed by atoms with E-state index in [0.29, 0.717) is 0 Å². The summed E-state index contributed by atoms with van der Waals surface area (Å²) < 4.78 is 7.99. The monoisotopic (exact) mass is 706 g/mol. The van der Waals surface area contributed by atoms with Gasteiger partial charge in [-0.15, -0.1) is 34.0 Å². The first-order chi connectivity index (χ1) is 25.2. The predicted molar refractivity (Wildman–Crippen MR) is 223 cm³/mol. The number of thiophene rings is 3. The molecule has 0 spiro atoms. The van der Waals surface area contributed by atoms with Gasteiger partial charge in [0.15, 0.2) is 0 Å². The van der Waals surface area contributed by atoms with Crippen LogP contribution in [0.2, 0.25) is 0 Å². The van der Waals surface area contributed by atoms with Crippen molar-refractivity contribution in [1.29, 1.82) is 0 Å². The summed E-state index contributed by atoms with van der Waals surface area (Å²) in [4.78, 5) is 0. The smallest absolute Gasteiger partial charge is 0.104 e. The van der Waals surface area contributed by atoms with Gasteiger partial charge in [-0.3, -0.25) is 5.32 Å². The highest BCUT2D eigenvalue weighted by Crippen LogP contribution is 2.46. The molecule has 1 aliphatic heterocycles. The molecule has 2 nitrogen and oxygen atoms in total. The lowest BCUT2D eigenvalue weighted by Gasteiger charge is -2.33. The SMILES string of the molecule is C1=C(c2ccccc2)NC(c2ccc3sc4ccccc4c3c2)NC1c1ccc2c(c1)sc1cccc(-c3cccc4c3sc3ccccc34)c12. The van der Waals surface area contributed by atoms with Crippen LogP contribution in [0.4, 0.5) is 0 Å². The standard InChI is InChI=1S/C46H30N2S3/c1-2-10-27(11-3-1)37-26-38(48-46(47-37)29-21-23-41-36(24-29)31-13-5-6-17-39(31)49-41)28-20-22-35-43(25-28)50-42-19-9-14-32(44(35)42)34-16-8-15-33-30-12-4-7-18-40(30)51-45(33)34/h1-26,38,46-48H. The van der Waals surface area contributed by atoms with E-state index in [2.05, 4.69) is 168 Å². The summed E-state index contributed by atoms with van der Waals surface area (Å²) in [5, 5.41) is 15.8. The van der Waals surface area contributed by atoms with Crippen LogP contribution in [0.15, 0.2) is 158 Å². The minimum atomic E-state index is -0.0511. The number of hydrogen-bond acceptors (Lipinski definition) is 5. The van der Waals surface area contributed by atoms with Gasteiger partial charge >= 0.3 is 0 Å². The highest BCUT2D eigenvalue weighted by atomic mass is 32.1. The second-order valence-corrected chi connectivity index (χ2v) is 16.6. The molecule has 0 saturated heterocycles. The van der Waals surface area contributed by atoms with Gasteiger partial charge < -0.3 is 5.32 Å². The average molecular weight is 707 g/mol. The van der Waals surface area contributed by atoms with Crippen LogP contribution in [0.25, 0.3) is 77.3 Å². The van der Waals surface area contributed by atoms with Crippen molar-refractivity contribution >= 4 is 100 Å². The molecule has 0 saturated carbocycles. The molecule has 0 aliphatic carbocycles. The number of nitrogens with one attached hydrogen (secondary N) is 2. The molecule has 11 rings (SSSR count). The largest absolute Gasteiger partial charge is 0.366 e. The van der Waals surface area contributed by atoms with E-state index >= 15 is 0 Å². The molecule has 242 valence electrons. The van der Waals surface area contributed by atoms with Crippen molar-refractivity contribution in [2.45, 2.75) is 12.2 Å². The van der Waals surface area contributed by atoms with E-state index in [4.69, 9.17) is 0 Å². The van der Waals surface area contributed by atoms with Gasteiger partial charge in [0.05, 0.1) is 6.04 Å². The highest BCUT2D eigenvalue weighted by Gasteiger charge is 2.25. The Bertz CT molecular complexity index is 3000. The molecule has 2 N–H and O–H groups in total. The van der Waals surface area contributed by atoms with Crippen molar-refractivity contribution in [3.05, 3.63) is 174 Å². The van der Waals surface area contributed by atoms with Gasteiger partial charge in [-0.1, -0.05) is 115 Å². The maximum absolute atomic E-state index is 3.98. The quantitative estimate of drug-likeness (QED) is 0.190. The van der Waals surface area contributed by atoms with E-state index in [0.717, 1.165) is 5.70 Å². The number of fused-ring (bicyclic) bond motifs is 9. The molecule has 2 atom stereocenters. The van der Waals surface area contributed by atoms with E-state index in [1.165, 1.54) is 88.3 Å². The van der Waals surface area contributed by atoms with Gasteiger partial charge in [-0.05, 0) is 64.7 Å². The van der Waals surface area contributed by atoms with Gasteiger partial charge in [-0.2, -0.15) is 0 Å². The molecule has 3 aromatic heterocycles. The minimum absolute atomic E-state index is 0.0303. The highest BCUT2D eigenvalue weighted by molar-refractivity contribution is 7.27. The maximum Gasteiger partial charge on any atom is 0.104 e. The zero-order chi connectivity index (χ0) is 33.5. The molecule has 51 heavy (non-hydrogen) atoms. The third kappa shape index (κ3) is 4.77. The second-order valence-electron chi connectivity index (χ2n) is 13.3. The van der Waals surface area contributed by atoms with Crippen LogP contribution in [0.1, 0.15) is 28.9 Å². The lowest BCUT2D eigenvalue weighted by Crippen LogP contribution is -2.39. The molecule has 7 aromatic carbocycles. The van der Waals surface area contributed by atoms with Crippen LogP contribution >= 0.6 is 34.0 Å². The molecule has 0 radical (unpaired) electrons. The van der Waals surface area contributed by atoms with E-state index in [-0.39, 0.29) is 12.2 Å². The lowest BCUT2D eigenvalue weighted by molar-refractivity contribution is 0.443. The first kappa shape index (κ1) is 29.4.